The molecule has 2 amide bonds. The Hall–Kier alpha value is -3.32. The fraction of sp³-hybridized carbons (Fsp3) is 0.273. The van der Waals surface area contributed by atoms with Gasteiger partial charge < -0.3 is 19.5 Å². The van der Waals surface area contributed by atoms with Crippen LogP contribution in [0.25, 0.3) is 5.57 Å². The summed E-state index contributed by atoms with van der Waals surface area (Å²) in [6.45, 7) is 2.88. The molecule has 0 saturated carbocycles. The molecule has 3 rings (SSSR count). The first kappa shape index (κ1) is 20.4. The van der Waals surface area contributed by atoms with Crippen molar-refractivity contribution < 1.29 is 23.8 Å². The van der Waals surface area contributed by atoms with Crippen molar-refractivity contribution in [3.8, 4) is 11.5 Å². The van der Waals surface area contributed by atoms with Crippen LogP contribution in [0.2, 0.25) is 0 Å². The molecule has 0 aliphatic carbocycles. The third kappa shape index (κ3) is 4.41. The van der Waals surface area contributed by atoms with Gasteiger partial charge in [-0.05, 0) is 36.8 Å². The van der Waals surface area contributed by atoms with E-state index < -0.39 is 0 Å². The molecule has 0 radical (unpaired) electrons. The Labute approximate surface area is 169 Å². The smallest absolute Gasteiger partial charge is 0.278 e. The van der Waals surface area contributed by atoms with Crippen LogP contribution in [-0.4, -0.2) is 50.7 Å². The molecule has 1 aliphatic heterocycles. The second-order valence-electron chi connectivity index (χ2n) is 6.32. The fourth-order valence-corrected chi connectivity index (χ4v) is 3.08. The Kier molecular flexibility index (Phi) is 6.51. The second-order valence-corrected chi connectivity index (χ2v) is 6.32. The van der Waals surface area contributed by atoms with Gasteiger partial charge in [0.15, 0.2) is 0 Å². The minimum atomic E-state index is -0.389. The predicted octanol–water partition coefficient (Wildman–Crippen LogP) is 2.93. The van der Waals surface area contributed by atoms with Crippen LogP contribution in [0.1, 0.15) is 12.5 Å². The van der Waals surface area contributed by atoms with Gasteiger partial charge in [-0.15, -0.1) is 0 Å². The lowest BCUT2D eigenvalue weighted by atomic mass is 10.0. The Bertz CT molecular complexity index is 921. The van der Waals surface area contributed by atoms with E-state index >= 15 is 0 Å². The third-order valence-electron chi connectivity index (χ3n) is 4.48. The maximum atomic E-state index is 13.0. The first-order chi connectivity index (χ1) is 14.1. The molecule has 0 unspecified atom stereocenters. The van der Waals surface area contributed by atoms with Gasteiger partial charge in [-0.1, -0.05) is 18.2 Å². The number of anilines is 1. The Morgan fingerprint density at radius 3 is 2.38 bits per heavy atom. The SMILES string of the molecule is CCOc1cccc(NC2=C(c3ccc(OC)cc3)C(=O)N(CCOC)C2=O)c1. The van der Waals surface area contributed by atoms with Gasteiger partial charge in [-0.2, -0.15) is 0 Å². The highest BCUT2D eigenvalue weighted by molar-refractivity contribution is 6.36. The van der Waals surface area contributed by atoms with Gasteiger partial charge in [0.05, 0.1) is 32.4 Å². The topological polar surface area (TPSA) is 77.1 Å². The van der Waals surface area contributed by atoms with E-state index in [2.05, 4.69) is 5.32 Å². The second kappa shape index (κ2) is 9.25. The molecule has 152 valence electrons. The summed E-state index contributed by atoms with van der Waals surface area (Å²) in [7, 11) is 3.10. The van der Waals surface area contributed by atoms with Crippen molar-refractivity contribution in [2.45, 2.75) is 6.92 Å². The van der Waals surface area contributed by atoms with E-state index in [1.807, 2.05) is 25.1 Å². The number of nitrogens with one attached hydrogen (secondary N) is 1. The number of rotatable bonds is 9. The Morgan fingerprint density at radius 1 is 0.966 bits per heavy atom. The lowest BCUT2D eigenvalue weighted by Gasteiger charge is -2.14. The molecule has 0 spiro atoms. The van der Waals surface area contributed by atoms with Crippen LogP contribution in [0, 0.1) is 0 Å². The van der Waals surface area contributed by atoms with E-state index in [9.17, 15) is 9.59 Å². The standard InChI is InChI=1S/C22H24N2O5/c1-4-29-18-7-5-6-16(14-18)23-20-19(15-8-10-17(28-3)11-9-15)21(25)24(22(20)26)12-13-27-2/h5-11,14,23H,4,12-13H2,1-3H3. The number of methoxy groups -OCH3 is 2. The average molecular weight is 396 g/mol. The van der Waals surface area contributed by atoms with E-state index in [1.165, 1.54) is 12.0 Å². The van der Waals surface area contributed by atoms with Crippen molar-refractivity contribution in [1.82, 2.24) is 4.90 Å². The number of ether oxygens (including phenoxy) is 3. The Morgan fingerprint density at radius 2 is 1.72 bits per heavy atom. The minimum Gasteiger partial charge on any atom is -0.497 e. The molecule has 0 saturated heterocycles. The lowest BCUT2D eigenvalue weighted by Crippen LogP contribution is -2.35. The molecule has 2 aromatic carbocycles. The number of hydrogen-bond acceptors (Lipinski definition) is 6. The van der Waals surface area contributed by atoms with Crippen molar-refractivity contribution in [2.75, 3.05) is 39.3 Å². The molecular weight excluding hydrogens is 372 g/mol. The average Bonchev–Trinajstić information content (AvgIpc) is 2.96. The van der Waals surface area contributed by atoms with Gasteiger partial charge in [0.1, 0.15) is 17.2 Å². The predicted molar refractivity (Wildman–Crippen MR) is 110 cm³/mol. The highest BCUT2D eigenvalue weighted by Gasteiger charge is 2.39. The molecule has 0 aromatic heterocycles. The lowest BCUT2D eigenvalue weighted by molar-refractivity contribution is -0.137. The van der Waals surface area contributed by atoms with Crippen LogP contribution in [0.4, 0.5) is 5.69 Å². The molecule has 2 aromatic rings. The van der Waals surface area contributed by atoms with Crippen LogP contribution in [0.3, 0.4) is 0 Å². The highest BCUT2D eigenvalue weighted by Crippen LogP contribution is 2.32. The normalized spacial score (nSPS) is 13.8. The molecular formula is C22H24N2O5. The van der Waals surface area contributed by atoms with Crippen LogP contribution in [0.5, 0.6) is 11.5 Å². The van der Waals surface area contributed by atoms with Crippen LogP contribution >= 0.6 is 0 Å². The van der Waals surface area contributed by atoms with E-state index in [4.69, 9.17) is 14.2 Å². The van der Waals surface area contributed by atoms with Crippen molar-refractivity contribution in [2.24, 2.45) is 0 Å². The molecule has 0 bridgehead atoms. The van der Waals surface area contributed by atoms with Crippen molar-refractivity contribution in [1.29, 1.82) is 0 Å². The summed E-state index contributed by atoms with van der Waals surface area (Å²) in [5.74, 6) is 0.596. The zero-order valence-corrected chi connectivity index (χ0v) is 16.7. The number of benzene rings is 2. The van der Waals surface area contributed by atoms with Gasteiger partial charge in [-0.25, -0.2) is 0 Å². The summed E-state index contributed by atoms with van der Waals surface area (Å²) in [5, 5.41) is 3.12. The summed E-state index contributed by atoms with van der Waals surface area (Å²) in [6, 6.07) is 14.3. The number of hydrogen-bond donors (Lipinski definition) is 1. The number of imide groups is 1. The zero-order chi connectivity index (χ0) is 20.8. The maximum Gasteiger partial charge on any atom is 0.278 e. The van der Waals surface area contributed by atoms with Crippen LogP contribution < -0.4 is 14.8 Å². The number of carbonyl (C=O) groups excluding carboxylic acids is 2. The molecule has 1 N–H and O–H groups in total. The maximum absolute atomic E-state index is 13.0. The first-order valence-electron chi connectivity index (χ1n) is 9.32. The van der Waals surface area contributed by atoms with Crippen LogP contribution in [-0.2, 0) is 14.3 Å². The molecule has 29 heavy (non-hydrogen) atoms. The monoisotopic (exact) mass is 396 g/mol. The largest absolute Gasteiger partial charge is 0.497 e. The van der Waals surface area contributed by atoms with Gasteiger partial charge in [-0.3, -0.25) is 14.5 Å². The Balaban J connectivity index is 2.00. The molecule has 7 nitrogen and oxygen atoms in total. The van der Waals surface area contributed by atoms with E-state index in [-0.39, 0.29) is 30.7 Å². The molecule has 0 atom stereocenters. The first-order valence-corrected chi connectivity index (χ1v) is 9.32. The van der Waals surface area contributed by atoms with Gasteiger partial charge in [0.2, 0.25) is 0 Å². The summed E-state index contributed by atoms with van der Waals surface area (Å²) < 4.78 is 15.8. The molecule has 7 heteroatoms. The summed E-state index contributed by atoms with van der Waals surface area (Å²) in [4.78, 5) is 27.3. The van der Waals surface area contributed by atoms with Gasteiger partial charge in [0, 0.05) is 18.9 Å². The fourth-order valence-electron chi connectivity index (χ4n) is 3.08. The number of amides is 2. The van der Waals surface area contributed by atoms with Crippen molar-refractivity contribution in [3.63, 3.8) is 0 Å². The highest BCUT2D eigenvalue weighted by atomic mass is 16.5. The summed E-state index contributed by atoms with van der Waals surface area (Å²) in [6.07, 6.45) is 0. The molecule has 1 heterocycles. The van der Waals surface area contributed by atoms with Crippen molar-refractivity contribution >= 4 is 23.1 Å². The summed E-state index contributed by atoms with van der Waals surface area (Å²) >= 11 is 0. The zero-order valence-electron chi connectivity index (χ0n) is 16.7. The number of carbonyl (C=O) groups is 2. The quantitative estimate of drug-likeness (QED) is 0.657. The van der Waals surface area contributed by atoms with Gasteiger partial charge in [0.25, 0.3) is 11.8 Å². The van der Waals surface area contributed by atoms with Gasteiger partial charge >= 0.3 is 0 Å². The molecule has 0 fully saturated rings. The third-order valence-corrected chi connectivity index (χ3v) is 4.48. The van der Waals surface area contributed by atoms with E-state index in [0.717, 1.165) is 0 Å². The van der Waals surface area contributed by atoms with Crippen molar-refractivity contribution in [3.05, 3.63) is 59.8 Å². The van der Waals surface area contributed by atoms with E-state index in [0.29, 0.717) is 34.9 Å². The number of nitrogens with zero attached hydrogens (tertiary/aromatic N) is 1. The van der Waals surface area contributed by atoms with Crippen LogP contribution in [0.15, 0.2) is 54.2 Å². The minimum absolute atomic E-state index is 0.179. The van der Waals surface area contributed by atoms with E-state index in [1.54, 1.807) is 37.4 Å². The molecule has 1 aliphatic rings. The summed E-state index contributed by atoms with van der Waals surface area (Å²) in [5.41, 5.74) is 1.83.